The maximum atomic E-state index is 13.4. The summed E-state index contributed by atoms with van der Waals surface area (Å²) in [6.45, 7) is 3.10. The minimum atomic E-state index is -0.282. The number of nitrogens with one attached hydrogen (secondary N) is 1. The lowest BCUT2D eigenvalue weighted by atomic mass is 10.1. The zero-order chi connectivity index (χ0) is 21.5. The van der Waals surface area contributed by atoms with Gasteiger partial charge < -0.3 is 15.8 Å². The number of carbonyl (C=O) groups is 1. The first-order valence-corrected chi connectivity index (χ1v) is 11.1. The number of pyridine rings is 2. The van der Waals surface area contributed by atoms with Crippen molar-refractivity contribution in [3.05, 3.63) is 45.9 Å². The number of anilines is 1. The first-order valence-electron chi connectivity index (χ1n) is 11.1. The van der Waals surface area contributed by atoms with Crippen LogP contribution in [0.4, 0.5) is 5.82 Å². The molecule has 1 aliphatic carbocycles. The van der Waals surface area contributed by atoms with Crippen LogP contribution < -0.4 is 21.2 Å². The zero-order valence-corrected chi connectivity index (χ0v) is 17.8. The fourth-order valence-corrected chi connectivity index (χ4v) is 4.89. The Morgan fingerprint density at radius 2 is 2.13 bits per heavy atom. The number of fused-ring (bicyclic) bond motifs is 2. The molecule has 2 aliphatic rings. The van der Waals surface area contributed by atoms with Gasteiger partial charge in [-0.3, -0.25) is 14.0 Å². The predicted octanol–water partition coefficient (Wildman–Crippen LogP) is 2.05. The second-order valence-electron chi connectivity index (χ2n) is 8.64. The van der Waals surface area contributed by atoms with E-state index < -0.39 is 0 Å². The van der Waals surface area contributed by atoms with Crippen molar-refractivity contribution < 1.29 is 14.1 Å². The van der Waals surface area contributed by atoms with Crippen molar-refractivity contribution in [3.8, 4) is 0 Å². The summed E-state index contributed by atoms with van der Waals surface area (Å²) in [6, 6.07) is 5.50. The normalized spacial score (nSPS) is 19.5. The van der Waals surface area contributed by atoms with Gasteiger partial charge in [0.05, 0.1) is 12.1 Å². The van der Waals surface area contributed by atoms with Crippen LogP contribution in [0, 0.1) is 6.92 Å². The molecule has 0 bridgehead atoms. The molecule has 162 valence electrons. The number of carbonyl (C=O) groups excluding carboxylic acids is 1. The number of nitrogens with zero attached hydrogens (tertiary/aromatic N) is 3. The van der Waals surface area contributed by atoms with E-state index in [-0.39, 0.29) is 23.6 Å². The van der Waals surface area contributed by atoms with Crippen LogP contribution in [0.3, 0.4) is 0 Å². The third-order valence-corrected chi connectivity index (χ3v) is 6.57. The molecule has 0 aromatic carbocycles. The Hall–Kier alpha value is -3.00. The molecule has 1 saturated heterocycles. The Labute approximate surface area is 180 Å². The number of aryl methyl sites for hydroxylation is 1. The number of nitrogens with two attached hydrogens (primary N) is 1. The molecule has 1 atom stereocenters. The molecule has 1 saturated carbocycles. The van der Waals surface area contributed by atoms with E-state index in [1.165, 1.54) is 0 Å². The van der Waals surface area contributed by atoms with Gasteiger partial charge in [-0.2, -0.15) is 0 Å². The van der Waals surface area contributed by atoms with E-state index in [1.807, 2.05) is 23.6 Å². The lowest BCUT2D eigenvalue weighted by molar-refractivity contribution is -0.685. The summed E-state index contributed by atoms with van der Waals surface area (Å²) >= 11 is 0. The highest BCUT2D eigenvalue weighted by molar-refractivity contribution is 6.00. The molecular formula is C23H28N5O3+. The fraction of sp³-hybridized carbons (Fsp3) is 0.478. The highest BCUT2D eigenvalue weighted by Crippen LogP contribution is 2.28. The summed E-state index contributed by atoms with van der Waals surface area (Å²) in [5.74, 6) is 0.0875. The molecule has 1 aliphatic heterocycles. The molecule has 3 N–H and O–H groups in total. The lowest BCUT2D eigenvalue weighted by Crippen LogP contribution is -2.46. The summed E-state index contributed by atoms with van der Waals surface area (Å²) in [7, 11) is 0. The van der Waals surface area contributed by atoms with Crippen LogP contribution in [0.25, 0.3) is 16.7 Å². The van der Waals surface area contributed by atoms with Crippen molar-refractivity contribution in [2.75, 3.05) is 18.9 Å². The predicted molar refractivity (Wildman–Crippen MR) is 117 cm³/mol. The SMILES string of the molecule is Cc1cccn2c(=O)c3cc(C(=O)NC[C@@H]4CCCO4)c(N)[n+](C4CCCC4)c3nc12. The molecule has 2 fully saturated rings. The Balaban J connectivity index is 1.68. The van der Waals surface area contributed by atoms with Crippen molar-refractivity contribution >= 4 is 28.4 Å². The van der Waals surface area contributed by atoms with Crippen LogP contribution in [-0.4, -0.2) is 34.5 Å². The van der Waals surface area contributed by atoms with Crippen molar-refractivity contribution in [2.45, 2.75) is 57.6 Å². The maximum Gasteiger partial charge on any atom is 0.278 e. The maximum absolute atomic E-state index is 13.4. The molecule has 0 unspecified atom stereocenters. The van der Waals surface area contributed by atoms with Crippen molar-refractivity contribution in [1.29, 1.82) is 0 Å². The molecule has 0 spiro atoms. The molecule has 1 amide bonds. The van der Waals surface area contributed by atoms with E-state index >= 15 is 0 Å². The van der Waals surface area contributed by atoms with Crippen LogP contribution in [0.2, 0.25) is 0 Å². The first kappa shape index (κ1) is 19.9. The minimum absolute atomic E-state index is 0.0341. The topological polar surface area (TPSA) is 103 Å². The van der Waals surface area contributed by atoms with Crippen LogP contribution in [-0.2, 0) is 4.74 Å². The lowest BCUT2D eigenvalue weighted by Gasteiger charge is -2.17. The van der Waals surface area contributed by atoms with Gasteiger partial charge in [0.15, 0.2) is 0 Å². The average molecular weight is 423 g/mol. The standard InChI is InChI=1S/C23H27N5O3/c1-14-6-4-10-27-20(14)26-21-18(23(27)30)12-17(19(24)28(21)15-7-2-3-8-15)22(29)25-13-16-9-5-11-31-16/h4,6,10,12,15-16,24H,2-3,5,7-9,11,13H2,1H3,(H,25,29)/p+1/t16-/m0/s1. The summed E-state index contributed by atoms with van der Waals surface area (Å²) in [5, 5.41) is 3.35. The third kappa shape index (κ3) is 3.44. The summed E-state index contributed by atoms with van der Waals surface area (Å²) in [5.41, 5.74) is 8.78. The van der Waals surface area contributed by atoms with Crippen molar-refractivity contribution in [2.24, 2.45) is 0 Å². The van der Waals surface area contributed by atoms with Gasteiger partial charge in [-0.15, -0.1) is 0 Å². The van der Waals surface area contributed by atoms with Gasteiger partial charge in [0.2, 0.25) is 11.5 Å². The molecule has 8 heteroatoms. The van der Waals surface area contributed by atoms with Crippen LogP contribution in [0.15, 0.2) is 29.2 Å². The summed E-state index contributed by atoms with van der Waals surface area (Å²) < 4.78 is 9.08. The Bertz CT molecular complexity index is 1220. The van der Waals surface area contributed by atoms with E-state index in [2.05, 4.69) is 5.32 Å². The number of aromatic nitrogens is 3. The fourth-order valence-electron chi connectivity index (χ4n) is 4.89. The van der Waals surface area contributed by atoms with Crippen molar-refractivity contribution in [1.82, 2.24) is 14.7 Å². The smallest absolute Gasteiger partial charge is 0.278 e. The molecule has 3 aromatic rings. The van der Waals surface area contributed by atoms with E-state index in [0.29, 0.717) is 34.6 Å². The molecule has 0 radical (unpaired) electrons. The second-order valence-corrected chi connectivity index (χ2v) is 8.64. The average Bonchev–Trinajstić information content (AvgIpc) is 3.47. The number of rotatable bonds is 4. The summed E-state index contributed by atoms with van der Waals surface area (Å²) in [6.07, 6.45) is 7.80. The highest BCUT2D eigenvalue weighted by Gasteiger charge is 2.31. The van der Waals surface area contributed by atoms with E-state index in [1.54, 1.807) is 16.7 Å². The van der Waals surface area contributed by atoms with E-state index in [0.717, 1.165) is 50.7 Å². The van der Waals surface area contributed by atoms with Gasteiger partial charge in [0.25, 0.3) is 17.1 Å². The van der Waals surface area contributed by atoms with Crippen molar-refractivity contribution in [3.63, 3.8) is 0 Å². The van der Waals surface area contributed by atoms with Gasteiger partial charge in [-0.1, -0.05) is 11.1 Å². The number of ether oxygens (including phenoxy) is 1. The number of hydrogen-bond donors (Lipinski definition) is 2. The van der Waals surface area contributed by atoms with Gasteiger partial charge in [0, 0.05) is 24.9 Å². The molecule has 3 aromatic heterocycles. The number of amides is 1. The minimum Gasteiger partial charge on any atom is -0.376 e. The highest BCUT2D eigenvalue weighted by atomic mass is 16.5. The summed E-state index contributed by atoms with van der Waals surface area (Å²) in [4.78, 5) is 31.3. The first-order chi connectivity index (χ1) is 15.0. The van der Waals surface area contributed by atoms with Gasteiger partial charge in [-0.25, -0.2) is 4.57 Å². The molecule has 5 rings (SSSR count). The zero-order valence-electron chi connectivity index (χ0n) is 17.8. The Morgan fingerprint density at radius 1 is 1.32 bits per heavy atom. The quantitative estimate of drug-likeness (QED) is 0.495. The molecule has 8 nitrogen and oxygen atoms in total. The third-order valence-electron chi connectivity index (χ3n) is 6.57. The van der Waals surface area contributed by atoms with E-state index in [4.69, 9.17) is 15.5 Å². The van der Waals surface area contributed by atoms with Crippen LogP contribution >= 0.6 is 0 Å². The number of nitrogen functional groups attached to an aromatic ring is 1. The Kier molecular flexibility index (Phi) is 5.09. The molecular weight excluding hydrogens is 394 g/mol. The van der Waals surface area contributed by atoms with Gasteiger partial charge in [0.1, 0.15) is 10.9 Å². The van der Waals surface area contributed by atoms with Gasteiger partial charge in [-0.05, 0) is 57.6 Å². The second kappa shape index (κ2) is 7.92. The van der Waals surface area contributed by atoms with Crippen LogP contribution in [0.5, 0.6) is 0 Å². The van der Waals surface area contributed by atoms with E-state index in [9.17, 15) is 9.59 Å². The number of hydrogen-bond acceptors (Lipinski definition) is 5. The monoisotopic (exact) mass is 422 g/mol. The van der Waals surface area contributed by atoms with Gasteiger partial charge >= 0.3 is 0 Å². The largest absolute Gasteiger partial charge is 0.376 e. The molecule has 4 heterocycles. The molecule has 31 heavy (non-hydrogen) atoms. The van der Waals surface area contributed by atoms with Crippen LogP contribution in [0.1, 0.15) is 60.5 Å². The Morgan fingerprint density at radius 3 is 2.87 bits per heavy atom.